The maximum Gasteiger partial charge on any atom is 0.274 e. The van der Waals surface area contributed by atoms with Crippen molar-refractivity contribution in [1.29, 1.82) is 0 Å². The number of aryl methyl sites for hydroxylation is 1. The molecule has 5 nitrogen and oxygen atoms in total. The molecule has 1 aliphatic rings. The molecule has 0 spiro atoms. The van der Waals surface area contributed by atoms with Gasteiger partial charge in [0.1, 0.15) is 5.69 Å². The number of likely N-dealkylation sites (tertiary alicyclic amines) is 1. The topological polar surface area (TPSA) is 72.1 Å². The first kappa shape index (κ1) is 12.0. The van der Waals surface area contributed by atoms with Crippen molar-refractivity contribution < 1.29 is 4.79 Å². The van der Waals surface area contributed by atoms with Crippen LogP contribution < -0.4 is 5.73 Å². The van der Waals surface area contributed by atoms with Gasteiger partial charge in [0, 0.05) is 24.8 Å². The number of piperidine rings is 1. The molecule has 1 amide bonds. The van der Waals surface area contributed by atoms with E-state index in [0.717, 1.165) is 18.5 Å². The lowest BCUT2D eigenvalue weighted by Crippen LogP contribution is -2.48. The molecular formula is C12H18N4O. The number of nitrogens with zero attached hydrogens (tertiary/aromatic N) is 3. The van der Waals surface area contributed by atoms with E-state index in [1.165, 1.54) is 0 Å². The molecule has 2 unspecified atom stereocenters. The third kappa shape index (κ3) is 2.61. The van der Waals surface area contributed by atoms with Gasteiger partial charge in [-0.3, -0.25) is 9.78 Å². The van der Waals surface area contributed by atoms with Crippen molar-refractivity contribution in [2.75, 3.05) is 6.54 Å². The summed E-state index contributed by atoms with van der Waals surface area (Å²) in [5.74, 6) is -0.0445. The third-order valence-corrected chi connectivity index (χ3v) is 3.18. The minimum absolute atomic E-state index is 0.0445. The fourth-order valence-corrected chi connectivity index (χ4v) is 2.16. The van der Waals surface area contributed by atoms with Gasteiger partial charge in [-0.05, 0) is 26.7 Å². The molecule has 0 saturated carbocycles. The van der Waals surface area contributed by atoms with E-state index in [2.05, 4.69) is 9.97 Å². The lowest BCUT2D eigenvalue weighted by atomic mass is 9.99. The molecule has 2 atom stereocenters. The van der Waals surface area contributed by atoms with Gasteiger partial charge in [-0.1, -0.05) is 0 Å². The molecule has 2 heterocycles. The van der Waals surface area contributed by atoms with Gasteiger partial charge in [0.05, 0.1) is 11.9 Å². The van der Waals surface area contributed by atoms with E-state index >= 15 is 0 Å². The molecule has 2 N–H and O–H groups in total. The van der Waals surface area contributed by atoms with Crippen molar-refractivity contribution in [3.8, 4) is 0 Å². The number of nitrogens with two attached hydrogens (primary N) is 1. The summed E-state index contributed by atoms with van der Waals surface area (Å²) in [7, 11) is 0. The summed E-state index contributed by atoms with van der Waals surface area (Å²) in [4.78, 5) is 22.3. The van der Waals surface area contributed by atoms with Crippen molar-refractivity contribution in [2.45, 2.75) is 38.8 Å². The second-order valence-electron chi connectivity index (χ2n) is 4.68. The van der Waals surface area contributed by atoms with Gasteiger partial charge < -0.3 is 10.6 Å². The van der Waals surface area contributed by atoms with Crippen LogP contribution in [0, 0.1) is 6.92 Å². The van der Waals surface area contributed by atoms with E-state index in [0.29, 0.717) is 12.2 Å². The first-order chi connectivity index (χ1) is 8.08. The van der Waals surface area contributed by atoms with E-state index in [1.54, 1.807) is 12.4 Å². The van der Waals surface area contributed by atoms with Gasteiger partial charge in [-0.2, -0.15) is 0 Å². The fraction of sp³-hybridized carbons (Fsp3) is 0.583. The zero-order valence-electron chi connectivity index (χ0n) is 10.3. The highest BCUT2D eigenvalue weighted by molar-refractivity contribution is 5.92. The summed E-state index contributed by atoms with van der Waals surface area (Å²) >= 11 is 0. The second-order valence-corrected chi connectivity index (χ2v) is 4.68. The molecule has 1 fully saturated rings. The Hall–Kier alpha value is -1.49. The highest BCUT2D eigenvalue weighted by Crippen LogP contribution is 2.17. The largest absolute Gasteiger partial charge is 0.334 e. The summed E-state index contributed by atoms with van der Waals surface area (Å²) in [6.07, 6.45) is 4.87. The Morgan fingerprint density at radius 2 is 2.24 bits per heavy atom. The molecule has 0 aromatic carbocycles. The Balaban J connectivity index is 2.12. The van der Waals surface area contributed by atoms with Crippen LogP contribution in [0.25, 0.3) is 0 Å². The first-order valence-corrected chi connectivity index (χ1v) is 5.93. The number of hydrogen-bond donors (Lipinski definition) is 1. The van der Waals surface area contributed by atoms with Crippen LogP contribution in [0.3, 0.4) is 0 Å². The van der Waals surface area contributed by atoms with Gasteiger partial charge >= 0.3 is 0 Å². The summed E-state index contributed by atoms with van der Waals surface area (Å²) in [5.41, 5.74) is 7.11. The van der Waals surface area contributed by atoms with Crippen molar-refractivity contribution in [3.05, 3.63) is 23.8 Å². The van der Waals surface area contributed by atoms with E-state index in [-0.39, 0.29) is 18.0 Å². The highest BCUT2D eigenvalue weighted by atomic mass is 16.2. The maximum atomic E-state index is 12.2. The Morgan fingerprint density at radius 3 is 2.82 bits per heavy atom. The molecule has 2 rings (SSSR count). The van der Waals surface area contributed by atoms with Gasteiger partial charge in [-0.25, -0.2) is 4.98 Å². The number of rotatable bonds is 1. The second kappa shape index (κ2) is 4.79. The van der Waals surface area contributed by atoms with Crippen LogP contribution in [0.15, 0.2) is 12.4 Å². The summed E-state index contributed by atoms with van der Waals surface area (Å²) in [5, 5.41) is 0. The van der Waals surface area contributed by atoms with E-state index < -0.39 is 0 Å². The normalized spacial score (nSPS) is 24.8. The molecule has 1 aliphatic heterocycles. The summed E-state index contributed by atoms with van der Waals surface area (Å²) < 4.78 is 0. The predicted molar refractivity (Wildman–Crippen MR) is 64.5 cm³/mol. The SMILES string of the molecule is Cc1cnc(C(=O)N2CCC(N)CC2C)cn1. The first-order valence-electron chi connectivity index (χ1n) is 5.93. The average Bonchev–Trinajstić information content (AvgIpc) is 2.29. The van der Waals surface area contributed by atoms with Crippen LogP contribution in [0.5, 0.6) is 0 Å². The number of amides is 1. The van der Waals surface area contributed by atoms with Crippen molar-refractivity contribution >= 4 is 5.91 Å². The Labute approximate surface area is 101 Å². The lowest BCUT2D eigenvalue weighted by Gasteiger charge is -2.36. The van der Waals surface area contributed by atoms with Crippen LogP contribution in [-0.2, 0) is 0 Å². The van der Waals surface area contributed by atoms with Crippen LogP contribution in [-0.4, -0.2) is 39.4 Å². The van der Waals surface area contributed by atoms with Gasteiger partial charge in [0.2, 0.25) is 0 Å². The van der Waals surface area contributed by atoms with Crippen molar-refractivity contribution in [1.82, 2.24) is 14.9 Å². The van der Waals surface area contributed by atoms with Crippen molar-refractivity contribution in [3.63, 3.8) is 0 Å². The Morgan fingerprint density at radius 1 is 1.47 bits per heavy atom. The monoisotopic (exact) mass is 234 g/mol. The molecule has 0 aliphatic carbocycles. The molecule has 1 aromatic heterocycles. The van der Waals surface area contributed by atoms with Gasteiger partial charge in [0.25, 0.3) is 5.91 Å². The quantitative estimate of drug-likeness (QED) is 0.777. The molecule has 17 heavy (non-hydrogen) atoms. The molecule has 0 bridgehead atoms. The molecular weight excluding hydrogens is 216 g/mol. The summed E-state index contributed by atoms with van der Waals surface area (Å²) in [6.45, 7) is 4.58. The molecule has 5 heteroatoms. The highest BCUT2D eigenvalue weighted by Gasteiger charge is 2.28. The molecule has 0 radical (unpaired) electrons. The van der Waals surface area contributed by atoms with Gasteiger partial charge in [0.15, 0.2) is 0 Å². The zero-order chi connectivity index (χ0) is 12.4. The fourth-order valence-electron chi connectivity index (χ4n) is 2.16. The van der Waals surface area contributed by atoms with E-state index in [4.69, 9.17) is 5.73 Å². The number of hydrogen-bond acceptors (Lipinski definition) is 4. The van der Waals surface area contributed by atoms with Crippen LogP contribution >= 0.6 is 0 Å². The smallest absolute Gasteiger partial charge is 0.274 e. The van der Waals surface area contributed by atoms with Gasteiger partial charge in [-0.15, -0.1) is 0 Å². The molecule has 1 saturated heterocycles. The number of carbonyl (C=O) groups is 1. The average molecular weight is 234 g/mol. The predicted octanol–water partition coefficient (Wildman–Crippen LogP) is 0.737. The van der Waals surface area contributed by atoms with E-state index in [1.807, 2.05) is 18.7 Å². The van der Waals surface area contributed by atoms with Crippen LogP contribution in [0.4, 0.5) is 0 Å². The minimum atomic E-state index is -0.0445. The van der Waals surface area contributed by atoms with Crippen molar-refractivity contribution in [2.24, 2.45) is 5.73 Å². The Kier molecular flexibility index (Phi) is 3.38. The zero-order valence-corrected chi connectivity index (χ0v) is 10.3. The third-order valence-electron chi connectivity index (χ3n) is 3.18. The molecule has 92 valence electrons. The van der Waals surface area contributed by atoms with Crippen LogP contribution in [0.2, 0.25) is 0 Å². The number of aromatic nitrogens is 2. The van der Waals surface area contributed by atoms with Crippen LogP contribution in [0.1, 0.15) is 35.9 Å². The summed E-state index contributed by atoms with van der Waals surface area (Å²) in [6, 6.07) is 0.382. The number of carbonyl (C=O) groups excluding carboxylic acids is 1. The molecule has 1 aromatic rings. The lowest BCUT2D eigenvalue weighted by molar-refractivity contribution is 0.0612. The van der Waals surface area contributed by atoms with E-state index in [9.17, 15) is 4.79 Å². The maximum absolute atomic E-state index is 12.2. The Bertz CT molecular complexity index is 403. The standard InChI is InChI=1S/C12H18N4O/c1-8-6-15-11(7-14-8)12(17)16-4-3-10(13)5-9(16)2/h6-7,9-10H,3-5,13H2,1-2H3. The minimum Gasteiger partial charge on any atom is -0.334 e.